The molecule has 0 radical (unpaired) electrons. The minimum atomic E-state index is 0.843. The van der Waals surface area contributed by atoms with Gasteiger partial charge in [0.25, 0.3) is 0 Å². The molecule has 1 aliphatic heterocycles. The molecule has 1 heterocycles. The van der Waals surface area contributed by atoms with Crippen LogP contribution in [0.2, 0.25) is 0 Å². The zero-order chi connectivity index (χ0) is 9.26. The number of likely N-dealkylation sites (N-methyl/N-ethyl adjacent to an activating group) is 1. The van der Waals surface area contributed by atoms with Crippen LogP contribution in [0.5, 0.6) is 0 Å². The number of benzene rings is 1. The number of anilines is 2. The third kappa shape index (κ3) is 1.60. The Morgan fingerprint density at radius 1 is 1.46 bits per heavy atom. The van der Waals surface area contributed by atoms with E-state index in [9.17, 15) is 0 Å². The molecule has 3 nitrogen and oxygen atoms in total. The molecule has 0 aromatic heterocycles. The van der Waals surface area contributed by atoms with Crippen molar-refractivity contribution >= 4 is 11.4 Å². The average Bonchev–Trinajstić information content (AvgIpc) is 2.28. The van der Waals surface area contributed by atoms with Gasteiger partial charge in [0.1, 0.15) is 0 Å². The van der Waals surface area contributed by atoms with Crippen LogP contribution < -0.4 is 16.0 Å². The van der Waals surface area contributed by atoms with E-state index in [0.717, 1.165) is 25.3 Å². The van der Waals surface area contributed by atoms with Crippen LogP contribution in [-0.4, -0.2) is 20.1 Å². The van der Waals surface area contributed by atoms with E-state index in [0.29, 0.717) is 0 Å². The average molecular weight is 177 g/mol. The Morgan fingerprint density at radius 3 is 3.15 bits per heavy atom. The number of hydrogen-bond donors (Lipinski definition) is 2. The molecule has 0 fully saturated rings. The molecule has 0 atom stereocenters. The van der Waals surface area contributed by atoms with Crippen molar-refractivity contribution < 1.29 is 0 Å². The van der Waals surface area contributed by atoms with Crippen molar-refractivity contribution in [3.8, 4) is 0 Å². The van der Waals surface area contributed by atoms with E-state index in [1.54, 1.807) is 0 Å². The van der Waals surface area contributed by atoms with Gasteiger partial charge in [-0.2, -0.15) is 0 Å². The number of hydrogen-bond acceptors (Lipinski definition) is 3. The summed E-state index contributed by atoms with van der Waals surface area (Å²) in [5.41, 5.74) is 9.16. The molecule has 1 aromatic carbocycles. The van der Waals surface area contributed by atoms with E-state index in [-0.39, 0.29) is 0 Å². The van der Waals surface area contributed by atoms with E-state index in [4.69, 9.17) is 5.73 Å². The molecule has 0 spiro atoms. The maximum atomic E-state index is 5.73. The Hall–Kier alpha value is -1.22. The smallest absolute Gasteiger partial charge is 0.0411 e. The molecule has 1 aromatic rings. The molecule has 0 saturated carbocycles. The van der Waals surface area contributed by atoms with Gasteiger partial charge in [-0.15, -0.1) is 0 Å². The Balaban J connectivity index is 2.42. The summed E-state index contributed by atoms with van der Waals surface area (Å²) < 4.78 is 0. The summed E-state index contributed by atoms with van der Waals surface area (Å²) in [5.74, 6) is 0. The van der Waals surface area contributed by atoms with Gasteiger partial charge in [-0.25, -0.2) is 0 Å². The molecular formula is C10H15N3. The van der Waals surface area contributed by atoms with Crippen molar-refractivity contribution in [3.63, 3.8) is 0 Å². The van der Waals surface area contributed by atoms with Crippen LogP contribution in [0.15, 0.2) is 18.2 Å². The lowest BCUT2D eigenvalue weighted by Crippen LogP contribution is -2.24. The highest BCUT2D eigenvalue weighted by Gasteiger charge is 2.10. The van der Waals surface area contributed by atoms with E-state index < -0.39 is 0 Å². The fraction of sp³-hybridized carbons (Fsp3) is 0.400. The van der Waals surface area contributed by atoms with Gasteiger partial charge in [-0.3, -0.25) is 0 Å². The molecule has 3 N–H and O–H groups in total. The van der Waals surface area contributed by atoms with Crippen molar-refractivity contribution in [1.29, 1.82) is 0 Å². The van der Waals surface area contributed by atoms with Gasteiger partial charge in [0.2, 0.25) is 0 Å². The molecule has 70 valence electrons. The summed E-state index contributed by atoms with van der Waals surface area (Å²) in [6, 6.07) is 6.10. The molecule has 3 heteroatoms. The lowest BCUT2D eigenvalue weighted by atomic mass is 10.1. The van der Waals surface area contributed by atoms with Crippen molar-refractivity contribution in [2.75, 3.05) is 30.8 Å². The highest BCUT2D eigenvalue weighted by atomic mass is 15.1. The van der Waals surface area contributed by atoms with E-state index in [1.807, 2.05) is 12.1 Å². The summed E-state index contributed by atoms with van der Waals surface area (Å²) in [4.78, 5) is 2.26. The van der Waals surface area contributed by atoms with Gasteiger partial charge in [0.15, 0.2) is 0 Å². The molecule has 0 amide bonds. The fourth-order valence-electron chi connectivity index (χ4n) is 1.71. The maximum Gasteiger partial charge on any atom is 0.0411 e. The second kappa shape index (κ2) is 3.26. The zero-order valence-electron chi connectivity index (χ0n) is 7.88. The molecule has 1 aliphatic rings. The van der Waals surface area contributed by atoms with Crippen LogP contribution in [0.1, 0.15) is 5.56 Å². The van der Waals surface area contributed by atoms with Crippen LogP contribution in [0.4, 0.5) is 11.4 Å². The Bertz CT molecular complexity index is 309. The van der Waals surface area contributed by atoms with E-state index >= 15 is 0 Å². The van der Waals surface area contributed by atoms with Crippen molar-refractivity contribution in [2.24, 2.45) is 0 Å². The highest BCUT2D eigenvalue weighted by Crippen LogP contribution is 2.23. The van der Waals surface area contributed by atoms with Crippen LogP contribution in [0.25, 0.3) is 0 Å². The lowest BCUT2D eigenvalue weighted by molar-refractivity contribution is 0.707. The van der Waals surface area contributed by atoms with Gasteiger partial charge in [-0.05, 0) is 23.8 Å². The van der Waals surface area contributed by atoms with Crippen molar-refractivity contribution in [3.05, 3.63) is 23.8 Å². The first-order valence-corrected chi connectivity index (χ1v) is 4.57. The Labute approximate surface area is 78.5 Å². The summed E-state index contributed by atoms with van der Waals surface area (Å²) in [6.07, 6.45) is 0. The fourth-order valence-corrected chi connectivity index (χ4v) is 1.71. The lowest BCUT2D eigenvalue weighted by Gasteiger charge is -2.18. The molecule has 13 heavy (non-hydrogen) atoms. The first kappa shape index (κ1) is 8.38. The van der Waals surface area contributed by atoms with Gasteiger partial charge >= 0.3 is 0 Å². The number of fused-ring (bicyclic) bond motifs is 1. The highest BCUT2D eigenvalue weighted by molar-refractivity contribution is 5.59. The van der Waals surface area contributed by atoms with Gasteiger partial charge < -0.3 is 16.0 Å². The van der Waals surface area contributed by atoms with Crippen LogP contribution in [0.3, 0.4) is 0 Å². The summed E-state index contributed by atoms with van der Waals surface area (Å²) in [6.45, 7) is 3.01. The summed E-state index contributed by atoms with van der Waals surface area (Å²) in [7, 11) is 2.11. The molecule has 0 bridgehead atoms. The normalized spacial score (nSPS) is 16.5. The largest absolute Gasteiger partial charge is 0.399 e. The minimum absolute atomic E-state index is 0.843. The van der Waals surface area contributed by atoms with Gasteiger partial charge in [0.05, 0.1) is 0 Å². The van der Waals surface area contributed by atoms with Crippen molar-refractivity contribution in [2.45, 2.75) is 6.54 Å². The van der Waals surface area contributed by atoms with Gasteiger partial charge in [-0.1, -0.05) is 0 Å². The number of nitrogens with one attached hydrogen (secondary N) is 1. The van der Waals surface area contributed by atoms with Crippen LogP contribution >= 0.6 is 0 Å². The first-order valence-electron chi connectivity index (χ1n) is 4.57. The molecule has 0 saturated heterocycles. The second-order valence-electron chi connectivity index (χ2n) is 3.49. The third-order valence-corrected chi connectivity index (χ3v) is 2.45. The zero-order valence-corrected chi connectivity index (χ0v) is 7.88. The van der Waals surface area contributed by atoms with E-state index in [1.165, 1.54) is 11.3 Å². The number of nitrogens with two attached hydrogens (primary N) is 1. The quantitative estimate of drug-likeness (QED) is 0.576. The van der Waals surface area contributed by atoms with Gasteiger partial charge in [0, 0.05) is 38.1 Å². The Kier molecular flexibility index (Phi) is 2.10. The van der Waals surface area contributed by atoms with Crippen molar-refractivity contribution in [1.82, 2.24) is 5.32 Å². The maximum absolute atomic E-state index is 5.73. The second-order valence-corrected chi connectivity index (χ2v) is 3.49. The Morgan fingerprint density at radius 2 is 2.31 bits per heavy atom. The topological polar surface area (TPSA) is 41.3 Å². The standard InChI is InChI=1S/C10H15N3/c1-13-5-4-12-7-8-6-9(11)2-3-10(8)13/h2-3,6,12H,4-5,7,11H2,1H3. The molecule has 2 rings (SSSR count). The molecule has 0 aliphatic carbocycles. The summed E-state index contributed by atoms with van der Waals surface area (Å²) >= 11 is 0. The number of rotatable bonds is 0. The molecule has 0 unspecified atom stereocenters. The SMILES string of the molecule is CN1CCNCc2cc(N)ccc21. The number of nitrogen functional groups attached to an aromatic ring is 1. The van der Waals surface area contributed by atoms with Crippen LogP contribution in [0, 0.1) is 0 Å². The number of nitrogens with zero attached hydrogens (tertiary/aromatic N) is 1. The minimum Gasteiger partial charge on any atom is -0.399 e. The molecular weight excluding hydrogens is 162 g/mol. The first-order chi connectivity index (χ1) is 6.27. The van der Waals surface area contributed by atoms with Crippen LogP contribution in [-0.2, 0) is 6.54 Å². The van der Waals surface area contributed by atoms with E-state index in [2.05, 4.69) is 23.3 Å². The predicted molar refractivity (Wildman–Crippen MR) is 55.8 cm³/mol. The predicted octanol–water partition coefficient (Wildman–Crippen LogP) is 0.808. The summed E-state index contributed by atoms with van der Waals surface area (Å²) in [5, 5.41) is 3.36. The monoisotopic (exact) mass is 177 g/mol. The third-order valence-electron chi connectivity index (χ3n) is 2.45.